The standard InChI is InChI=1S/C17H21N5O/c18-14-2-1-9-22(10-14)17(23)13-7-5-12(6-8-13)16-19-15(20-21-16)11-3-4-11/h5-8,11,14H,1-4,9-10,18H2,(H,19,20,21). The molecule has 4 rings (SSSR count). The minimum atomic E-state index is 0.0559. The Balaban J connectivity index is 1.49. The third-order valence-electron chi connectivity index (χ3n) is 4.60. The molecule has 2 fully saturated rings. The van der Waals surface area contributed by atoms with Crippen LogP contribution in [0.5, 0.6) is 0 Å². The van der Waals surface area contributed by atoms with Crippen molar-refractivity contribution in [3.63, 3.8) is 0 Å². The number of carbonyl (C=O) groups excluding carboxylic acids is 1. The van der Waals surface area contributed by atoms with Gasteiger partial charge in [-0.2, -0.15) is 5.10 Å². The van der Waals surface area contributed by atoms with Gasteiger partial charge in [-0.25, -0.2) is 4.98 Å². The normalized spacial score (nSPS) is 21.4. The maximum atomic E-state index is 12.5. The second kappa shape index (κ2) is 5.77. The molecule has 0 spiro atoms. The summed E-state index contributed by atoms with van der Waals surface area (Å²) in [6.07, 6.45) is 4.36. The highest BCUT2D eigenvalue weighted by Gasteiger charge is 2.27. The molecule has 1 saturated heterocycles. The molecule has 1 aromatic carbocycles. The van der Waals surface area contributed by atoms with E-state index in [2.05, 4.69) is 15.2 Å². The Kier molecular flexibility index (Phi) is 3.61. The average Bonchev–Trinajstić information content (AvgIpc) is 3.32. The van der Waals surface area contributed by atoms with Crippen molar-refractivity contribution < 1.29 is 4.79 Å². The van der Waals surface area contributed by atoms with Gasteiger partial charge in [-0.15, -0.1) is 0 Å². The van der Waals surface area contributed by atoms with Crippen LogP contribution in [0.15, 0.2) is 24.3 Å². The third-order valence-corrected chi connectivity index (χ3v) is 4.60. The molecule has 0 bridgehead atoms. The number of nitrogens with two attached hydrogens (primary N) is 1. The summed E-state index contributed by atoms with van der Waals surface area (Å²) in [6, 6.07) is 7.63. The molecular weight excluding hydrogens is 290 g/mol. The Labute approximate surface area is 135 Å². The fraction of sp³-hybridized carbons (Fsp3) is 0.471. The van der Waals surface area contributed by atoms with Gasteiger partial charge in [0.15, 0.2) is 5.82 Å². The van der Waals surface area contributed by atoms with Gasteiger partial charge in [0.2, 0.25) is 0 Å². The van der Waals surface area contributed by atoms with Crippen LogP contribution < -0.4 is 5.73 Å². The molecule has 1 saturated carbocycles. The Morgan fingerprint density at radius 1 is 1.22 bits per heavy atom. The smallest absolute Gasteiger partial charge is 0.253 e. The van der Waals surface area contributed by atoms with Crippen molar-refractivity contribution in [1.82, 2.24) is 20.1 Å². The first-order valence-electron chi connectivity index (χ1n) is 8.28. The molecule has 23 heavy (non-hydrogen) atoms. The van der Waals surface area contributed by atoms with E-state index in [1.165, 1.54) is 12.8 Å². The molecule has 1 unspecified atom stereocenters. The largest absolute Gasteiger partial charge is 0.337 e. The van der Waals surface area contributed by atoms with E-state index in [0.717, 1.165) is 30.8 Å². The number of carbonyl (C=O) groups is 1. The zero-order valence-corrected chi connectivity index (χ0v) is 13.0. The lowest BCUT2D eigenvalue weighted by atomic mass is 10.0. The summed E-state index contributed by atoms with van der Waals surface area (Å²) in [6.45, 7) is 1.44. The van der Waals surface area contributed by atoms with Crippen LogP contribution in [-0.4, -0.2) is 45.1 Å². The Morgan fingerprint density at radius 2 is 2.00 bits per heavy atom. The average molecular weight is 311 g/mol. The fourth-order valence-electron chi connectivity index (χ4n) is 3.08. The number of piperidine rings is 1. The molecule has 1 aliphatic heterocycles. The molecule has 2 aromatic rings. The van der Waals surface area contributed by atoms with E-state index in [1.807, 2.05) is 29.2 Å². The van der Waals surface area contributed by atoms with E-state index in [1.54, 1.807) is 0 Å². The van der Waals surface area contributed by atoms with Crippen molar-refractivity contribution in [2.75, 3.05) is 13.1 Å². The summed E-state index contributed by atoms with van der Waals surface area (Å²) in [5.74, 6) is 2.29. The molecule has 3 N–H and O–H groups in total. The Hall–Kier alpha value is -2.21. The van der Waals surface area contributed by atoms with Crippen molar-refractivity contribution in [2.24, 2.45) is 5.73 Å². The van der Waals surface area contributed by atoms with Crippen LogP contribution in [0, 0.1) is 0 Å². The highest BCUT2D eigenvalue weighted by Crippen LogP contribution is 2.38. The van der Waals surface area contributed by atoms with Gasteiger partial charge >= 0.3 is 0 Å². The first kappa shape index (κ1) is 14.4. The molecule has 1 aliphatic carbocycles. The number of amides is 1. The number of aromatic nitrogens is 3. The van der Waals surface area contributed by atoms with Crippen molar-refractivity contribution in [2.45, 2.75) is 37.6 Å². The maximum Gasteiger partial charge on any atom is 0.253 e. The van der Waals surface area contributed by atoms with Crippen LogP contribution in [0.25, 0.3) is 11.4 Å². The Bertz CT molecular complexity index is 704. The van der Waals surface area contributed by atoms with E-state index in [9.17, 15) is 4.79 Å². The van der Waals surface area contributed by atoms with Crippen LogP contribution in [0.4, 0.5) is 0 Å². The number of benzene rings is 1. The van der Waals surface area contributed by atoms with Crippen molar-refractivity contribution >= 4 is 5.91 Å². The van der Waals surface area contributed by atoms with Crippen LogP contribution in [-0.2, 0) is 0 Å². The third kappa shape index (κ3) is 2.99. The number of nitrogens with one attached hydrogen (secondary N) is 1. The predicted molar refractivity (Wildman–Crippen MR) is 86.9 cm³/mol. The van der Waals surface area contributed by atoms with E-state index in [0.29, 0.717) is 23.9 Å². The van der Waals surface area contributed by atoms with E-state index in [4.69, 9.17) is 5.73 Å². The summed E-state index contributed by atoms with van der Waals surface area (Å²) in [4.78, 5) is 18.9. The Morgan fingerprint density at radius 3 is 2.70 bits per heavy atom. The molecule has 6 nitrogen and oxygen atoms in total. The number of hydrogen-bond donors (Lipinski definition) is 2. The van der Waals surface area contributed by atoms with Gasteiger partial charge in [0.1, 0.15) is 5.82 Å². The summed E-state index contributed by atoms with van der Waals surface area (Å²) in [7, 11) is 0. The maximum absolute atomic E-state index is 12.5. The zero-order valence-electron chi connectivity index (χ0n) is 13.0. The minimum absolute atomic E-state index is 0.0559. The van der Waals surface area contributed by atoms with Crippen LogP contribution in [0.2, 0.25) is 0 Å². The number of aromatic amines is 1. The molecule has 0 radical (unpaired) electrons. The van der Waals surface area contributed by atoms with Crippen LogP contribution in [0.3, 0.4) is 0 Å². The predicted octanol–water partition coefficient (Wildman–Crippen LogP) is 1.91. The van der Waals surface area contributed by atoms with E-state index >= 15 is 0 Å². The summed E-state index contributed by atoms with van der Waals surface area (Å²) in [5, 5.41) is 7.28. The molecule has 6 heteroatoms. The molecule has 1 aromatic heterocycles. The number of likely N-dealkylation sites (tertiary alicyclic amines) is 1. The second-order valence-electron chi connectivity index (χ2n) is 6.55. The monoisotopic (exact) mass is 311 g/mol. The van der Waals surface area contributed by atoms with Crippen molar-refractivity contribution in [3.8, 4) is 11.4 Å². The van der Waals surface area contributed by atoms with Gasteiger partial charge < -0.3 is 10.6 Å². The second-order valence-corrected chi connectivity index (χ2v) is 6.55. The highest BCUT2D eigenvalue weighted by molar-refractivity contribution is 5.94. The lowest BCUT2D eigenvalue weighted by Crippen LogP contribution is -2.45. The SMILES string of the molecule is NC1CCCN(C(=O)c2ccc(-c3n[nH]c(C4CC4)n3)cc2)C1. The first-order valence-corrected chi connectivity index (χ1v) is 8.28. The topological polar surface area (TPSA) is 87.9 Å². The minimum Gasteiger partial charge on any atom is -0.337 e. The van der Waals surface area contributed by atoms with Gasteiger partial charge in [-0.05, 0) is 37.8 Å². The summed E-state index contributed by atoms with van der Waals surface area (Å²) >= 11 is 0. The number of hydrogen-bond acceptors (Lipinski definition) is 4. The fourth-order valence-corrected chi connectivity index (χ4v) is 3.08. The lowest BCUT2D eigenvalue weighted by Gasteiger charge is -2.30. The molecule has 1 amide bonds. The highest BCUT2D eigenvalue weighted by atomic mass is 16.2. The quantitative estimate of drug-likeness (QED) is 0.906. The number of nitrogens with zero attached hydrogens (tertiary/aromatic N) is 3. The molecule has 2 heterocycles. The molecular formula is C17H21N5O. The van der Waals surface area contributed by atoms with Crippen molar-refractivity contribution in [3.05, 3.63) is 35.7 Å². The number of rotatable bonds is 3. The molecule has 2 aliphatic rings. The van der Waals surface area contributed by atoms with Crippen LogP contribution in [0.1, 0.15) is 47.8 Å². The van der Waals surface area contributed by atoms with Gasteiger partial charge in [0, 0.05) is 36.2 Å². The lowest BCUT2D eigenvalue weighted by molar-refractivity contribution is 0.0709. The van der Waals surface area contributed by atoms with Gasteiger partial charge in [-0.1, -0.05) is 12.1 Å². The molecule has 120 valence electrons. The van der Waals surface area contributed by atoms with Gasteiger partial charge in [-0.3, -0.25) is 9.89 Å². The van der Waals surface area contributed by atoms with Crippen molar-refractivity contribution in [1.29, 1.82) is 0 Å². The summed E-state index contributed by atoms with van der Waals surface area (Å²) in [5.41, 5.74) is 7.58. The first-order chi connectivity index (χ1) is 11.2. The zero-order chi connectivity index (χ0) is 15.8. The van der Waals surface area contributed by atoms with Crippen LogP contribution >= 0.6 is 0 Å². The summed E-state index contributed by atoms with van der Waals surface area (Å²) < 4.78 is 0. The van der Waals surface area contributed by atoms with E-state index < -0.39 is 0 Å². The molecule has 1 atom stereocenters. The van der Waals surface area contributed by atoms with E-state index in [-0.39, 0.29) is 11.9 Å². The van der Waals surface area contributed by atoms with Gasteiger partial charge in [0.25, 0.3) is 5.91 Å². The van der Waals surface area contributed by atoms with Gasteiger partial charge in [0.05, 0.1) is 0 Å². The number of H-pyrrole nitrogens is 1.